The zero-order chi connectivity index (χ0) is 29.0. The molecule has 0 bridgehead atoms. The van der Waals surface area contributed by atoms with Gasteiger partial charge in [0.25, 0.3) is 0 Å². The fourth-order valence-electron chi connectivity index (χ4n) is 7.63. The van der Waals surface area contributed by atoms with Gasteiger partial charge in [-0.1, -0.05) is 77.0 Å². The van der Waals surface area contributed by atoms with Crippen LogP contribution in [0.5, 0.6) is 23.0 Å². The van der Waals surface area contributed by atoms with E-state index >= 15 is 0 Å². The van der Waals surface area contributed by atoms with Crippen LogP contribution < -0.4 is 18.9 Å². The fraction of sp³-hybridized carbons (Fsp3) is 0.778. The molecule has 1 aromatic rings. The highest BCUT2D eigenvalue weighted by Crippen LogP contribution is 2.51. The van der Waals surface area contributed by atoms with E-state index in [1.54, 1.807) is 0 Å². The number of rotatable bonds is 12. The van der Waals surface area contributed by atoms with Crippen molar-refractivity contribution in [2.75, 3.05) is 26.4 Å². The van der Waals surface area contributed by atoms with E-state index in [4.69, 9.17) is 18.9 Å². The maximum Gasteiger partial charge on any atom is 0.209 e. The summed E-state index contributed by atoms with van der Waals surface area (Å²) in [7, 11) is 0. The third-order valence-electron chi connectivity index (χ3n) is 10.3. The average Bonchev–Trinajstić information content (AvgIpc) is 3.06. The Bertz CT molecular complexity index is 981. The summed E-state index contributed by atoms with van der Waals surface area (Å²) in [5, 5.41) is 20.9. The Balaban J connectivity index is 1.50. The van der Waals surface area contributed by atoms with E-state index in [2.05, 4.69) is 12.1 Å². The summed E-state index contributed by atoms with van der Waals surface area (Å²) in [5.74, 6) is 3.61. The molecule has 5 rings (SSSR count). The first-order chi connectivity index (χ1) is 20.8. The summed E-state index contributed by atoms with van der Waals surface area (Å²) in [6.07, 6.45) is 24.1. The van der Waals surface area contributed by atoms with Gasteiger partial charge >= 0.3 is 0 Å². The van der Waals surface area contributed by atoms with Gasteiger partial charge in [0.05, 0.1) is 26.4 Å². The van der Waals surface area contributed by atoms with E-state index in [1.807, 2.05) is 0 Å². The summed E-state index contributed by atoms with van der Waals surface area (Å²) in [6.45, 7) is 2.20. The molecular formula is C36H52N2O4. The number of hydrogen-bond acceptors (Lipinski definition) is 6. The van der Waals surface area contributed by atoms with Crippen molar-refractivity contribution in [3.8, 4) is 35.1 Å². The van der Waals surface area contributed by atoms with Gasteiger partial charge in [-0.3, -0.25) is 0 Å². The van der Waals surface area contributed by atoms with Gasteiger partial charge in [-0.2, -0.15) is 10.5 Å². The highest BCUT2D eigenvalue weighted by molar-refractivity contribution is 5.73. The minimum atomic E-state index is 0.232. The van der Waals surface area contributed by atoms with Crippen LogP contribution in [0.2, 0.25) is 0 Å². The number of benzene rings is 1. The van der Waals surface area contributed by atoms with Crippen LogP contribution >= 0.6 is 0 Å². The van der Waals surface area contributed by atoms with Crippen molar-refractivity contribution in [3.63, 3.8) is 0 Å². The second-order valence-electron chi connectivity index (χ2n) is 13.6. The number of nitrogens with zero attached hydrogens (tertiary/aromatic N) is 2. The van der Waals surface area contributed by atoms with Crippen molar-refractivity contribution in [2.45, 2.75) is 128 Å². The second kappa shape index (κ2) is 16.3. The van der Waals surface area contributed by atoms with Gasteiger partial charge in [0, 0.05) is 0 Å². The lowest BCUT2D eigenvalue weighted by Gasteiger charge is -2.29. The van der Waals surface area contributed by atoms with Gasteiger partial charge in [0.1, 0.15) is 23.3 Å². The zero-order valence-electron chi connectivity index (χ0n) is 25.8. The molecule has 0 unspecified atom stereocenters. The molecule has 42 heavy (non-hydrogen) atoms. The predicted molar refractivity (Wildman–Crippen MR) is 164 cm³/mol. The Morgan fingerprint density at radius 2 is 0.619 bits per heavy atom. The lowest BCUT2D eigenvalue weighted by Crippen LogP contribution is -2.21. The van der Waals surface area contributed by atoms with Crippen LogP contribution in [0.15, 0.2) is 0 Å². The largest absolute Gasteiger partial charge is 0.488 e. The smallest absolute Gasteiger partial charge is 0.209 e. The lowest BCUT2D eigenvalue weighted by atomic mass is 9.90. The third kappa shape index (κ3) is 8.27. The normalized spacial score (nSPS) is 21.3. The highest BCUT2D eigenvalue weighted by atomic mass is 16.6. The molecule has 1 aromatic carbocycles. The van der Waals surface area contributed by atoms with Crippen molar-refractivity contribution >= 4 is 0 Å². The molecule has 4 aliphatic rings. The van der Waals surface area contributed by atoms with Crippen LogP contribution in [0, 0.1) is 46.3 Å². The van der Waals surface area contributed by atoms with Gasteiger partial charge < -0.3 is 18.9 Å². The van der Waals surface area contributed by atoms with E-state index in [0.29, 0.717) is 73.1 Å². The molecule has 230 valence electrons. The van der Waals surface area contributed by atoms with Crippen LogP contribution in [0.3, 0.4) is 0 Å². The molecule has 4 fully saturated rings. The van der Waals surface area contributed by atoms with E-state index < -0.39 is 0 Å². The Morgan fingerprint density at radius 3 is 0.857 bits per heavy atom. The Hall–Kier alpha value is -2.60. The summed E-state index contributed by atoms with van der Waals surface area (Å²) < 4.78 is 26.4. The second-order valence-corrected chi connectivity index (χ2v) is 13.6. The fourth-order valence-corrected chi connectivity index (χ4v) is 7.63. The summed E-state index contributed by atoms with van der Waals surface area (Å²) >= 11 is 0. The van der Waals surface area contributed by atoms with E-state index in [0.717, 1.165) is 51.4 Å². The van der Waals surface area contributed by atoms with Crippen LogP contribution in [-0.4, -0.2) is 26.4 Å². The molecular weight excluding hydrogens is 524 g/mol. The quantitative estimate of drug-likeness (QED) is 0.246. The molecule has 4 aliphatic carbocycles. The third-order valence-corrected chi connectivity index (χ3v) is 10.3. The van der Waals surface area contributed by atoms with Crippen molar-refractivity contribution in [3.05, 3.63) is 11.1 Å². The molecule has 0 saturated heterocycles. The SMILES string of the molecule is N#Cc1c(C#N)c(OCC2CCCCC2)c(OCC2CCCCC2)c(OCC2CCCCC2)c1OCC1CCCCC1. The molecule has 0 heterocycles. The highest BCUT2D eigenvalue weighted by Gasteiger charge is 2.32. The van der Waals surface area contributed by atoms with Gasteiger partial charge in [0.15, 0.2) is 11.5 Å². The molecule has 6 nitrogen and oxygen atoms in total. The van der Waals surface area contributed by atoms with Gasteiger partial charge in [-0.15, -0.1) is 0 Å². The summed E-state index contributed by atoms with van der Waals surface area (Å²) in [6, 6.07) is 4.66. The van der Waals surface area contributed by atoms with Crippen molar-refractivity contribution in [1.82, 2.24) is 0 Å². The van der Waals surface area contributed by atoms with Gasteiger partial charge in [-0.05, 0) is 75.0 Å². The van der Waals surface area contributed by atoms with Crippen molar-refractivity contribution < 1.29 is 18.9 Å². The number of hydrogen-bond donors (Lipinski definition) is 0. The van der Waals surface area contributed by atoms with E-state index in [1.165, 1.54) is 77.0 Å². The molecule has 0 atom stereocenters. The molecule has 4 saturated carbocycles. The minimum absolute atomic E-state index is 0.232. The molecule has 0 aromatic heterocycles. The first-order valence-electron chi connectivity index (χ1n) is 17.3. The Morgan fingerprint density at radius 1 is 0.381 bits per heavy atom. The number of nitriles is 2. The van der Waals surface area contributed by atoms with Crippen molar-refractivity contribution in [1.29, 1.82) is 10.5 Å². The Labute approximate surface area is 254 Å². The van der Waals surface area contributed by atoms with Crippen molar-refractivity contribution in [2.24, 2.45) is 23.7 Å². The molecule has 6 heteroatoms. The molecule has 0 radical (unpaired) electrons. The predicted octanol–water partition coefficient (Wildman–Crippen LogP) is 9.27. The molecule has 0 spiro atoms. The topological polar surface area (TPSA) is 84.5 Å². The summed E-state index contributed by atoms with van der Waals surface area (Å²) in [4.78, 5) is 0. The first kappa shape index (κ1) is 30.8. The monoisotopic (exact) mass is 576 g/mol. The lowest BCUT2D eigenvalue weighted by molar-refractivity contribution is 0.153. The number of ether oxygens (including phenoxy) is 4. The van der Waals surface area contributed by atoms with Crippen LogP contribution in [0.4, 0.5) is 0 Å². The molecule has 0 aliphatic heterocycles. The van der Waals surface area contributed by atoms with Gasteiger partial charge in [-0.25, -0.2) is 0 Å². The van der Waals surface area contributed by atoms with E-state index in [-0.39, 0.29) is 11.1 Å². The standard InChI is InChI=1S/C36H52N2O4/c37-21-31-32(22-38)34(40-24-28-15-7-2-8-16-28)36(42-26-30-19-11-4-12-20-30)35(41-25-29-17-9-3-10-18-29)33(31)39-23-27-13-5-1-6-14-27/h27-30H,1-20,23-26H2. The maximum absolute atomic E-state index is 10.4. The Kier molecular flexibility index (Phi) is 12.0. The van der Waals surface area contributed by atoms with Crippen LogP contribution in [0.25, 0.3) is 0 Å². The molecule has 0 amide bonds. The summed E-state index contributed by atoms with van der Waals surface area (Å²) in [5.41, 5.74) is 0.464. The van der Waals surface area contributed by atoms with Crippen LogP contribution in [-0.2, 0) is 0 Å². The average molecular weight is 577 g/mol. The maximum atomic E-state index is 10.4. The first-order valence-corrected chi connectivity index (χ1v) is 17.3. The minimum Gasteiger partial charge on any atom is -0.488 e. The van der Waals surface area contributed by atoms with Crippen LogP contribution in [0.1, 0.15) is 140 Å². The zero-order valence-corrected chi connectivity index (χ0v) is 25.8. The van der Waals surface area contributed by atoms with E-state index in [9.17, 15) is 10.5 Å². The van der Waals surface area contributed by atoms with Gasteiger partial charge in [0.2, 0.25) is 11.5 Å². The molecule has 0 N–H and O–H groups in total.